The molecule has 6 heteroatoms. The average molecular weight is 379 g/mol. The molecular formula is C21H15ClN2O3. The van der Waals surface area contributed by atoms with E-state index in [0.717, 1.165) is 21.8 Å². The third-order valence-corrected chi connectivity index (χ3v) is 4.66. The Labute approximate surface area is 160 Å². The van der Waals surface area contributed by atoms with Crippen molar-refractivity contribution in [2.45, 2.75) is 6.42 Å². The van der Waals surface area contributed by atoms with Gasteiger partial charge in [-0.3, -0.25) is 9.36 Å². The van der Waals surface area contributed by atoms with Crippen molar-refractivity contribution >= 4 is 45.3 Å². The molecule has 4 rings (SSSR count). The number of nitrogens with zero attached hydrogens (tertiary/aromatic N) is 2. The molecule has 0 saturated carbocycles. The van der Waals surface area contributed by atoms with Crippen LogP contribution in [0.15, 0.2) is 66.9 Å². The molecule has 2 heterocycles. The minimum absolute atomic E-state index is 0.0380. The number of halogens is 1. The van der Waals surface area contributed by atoms with E-state index < -0.39 is 5.97 Å². The maximum Gasteiger partial charge on any atom is 0.341 e. The van der Waals surface area contributed by atoms with Gasteiger partial charge in [-0.25, -0.2) is 9.78 Å². The summed E-state index contributed by atoms with van der Waals surface area (Å²) in [5.41, 5.74) is 1.86. The Morgan fingerprint density at radius 2 is 1.56 bits per heavy atom. The van der Waals surface area contributed by atoms with E-state index in [1.54, 1.807) is 10.6 Å². The van der Waals surface area contributed by atoms with Gasteiger partial charge in [-0.15, -0.1) is 0 Å². The summed E-state index contributed by atoms with van der Waals surface area (Å²) in [6, 6.07) is 18.6. The Morgan fingerprint density at radius 3 is 2.19 bits per heavy atom. The second-order valence-electron chi connectivity index (χ2n) is 5.99. The van der Waals surface area contributed by atoms with E-state index in [9.17, 15) is 9.59 Å². The van der Waals surface area contributed by atoms with E-state index in [2.05, 4.69) is 4.98 Å². The number of ether oxygens (including phenoxy) is 1. The van der Waals surface area contributed by atoms with Crippen molar-refractivity contribution in [2.24, 2.45) is 0 Å². The van der Waals surface area contributed by atoms with Crippen LogP contribution in [0.1, 0.15) is 21.6 Å². The van der Waals surface area contributed by atoms with E-state index in [1.807, 2.05) is 48.5 Å². The molecule has 0 radical (unpaired) electrons. The highest BCUT2D eigenvalue weighted by Crippen LogP contribution is 2.28. The number of pyridine rings is 1. The molecule has 0 atom stereocenters. The van der Waals surface area contributed by atoms with Gasteiger partial charge in [0.1, 0.15) is 11.8 Å². The van der Waals surface area contributed by atoms with Gasteiger partial charge in [-0.2, -0.15) is 0 Å². The molecule has 0 unspecified atom stereocenters. The summed E-state index contributed by atoms with van der Waals surface area (Å²) in [7, 11) is 0. The predicted molar refractivity (Wildman–Crippen MR) is 104 cm³/mol. The smallest absolute Gasteiger partial charge is 0.341 e. The van der Waals surface area contributed by atoms with Gasteiger partial charge >= 0.3 is 5.97 Å². The SMILES string of the molecule is O=C(OCCC(=O)n1c2ccccc2c2ccccc21)c1cccnc1Cl. The molecule has 0 aliphatic heterocycles. The largest absolute Gasteiger partial charge is 0.461 e. The van der Waals surface area contributed by atoms with Crippen LogP contribution >= 0.6 is 11.6 Å². The van der Waals surface area contributed by atoms with Crippen molar-refractivity contribution in [3.8, 4) is 0 Å². The zero-order chi connectivity index (χ0) is 18.8. The summed E-state index contributed by atoms with van der Waals surface area (Å²) >= 11 is 5.89. The van der Waals surface area contributed by atoms with Gasteiger partial charge in [-0.1, -0.05) is 48.0 Å². The van der Waals surface area contributed by atoms with Crippen LogP contribution in [-0.2, 0) is 4.74 Å². The third kappa shape index (κ3) is 3.17. The van der Waals surface area contributed by atoms with Crippen molar-refractivity contribution in [3.05, 3.63) is 77.6 Å². The first-order valence-corrected chi connectivity index (χ1v) is 8.83. The second-order valence-corrected chi connectivity index (χ2v) is 6.35. The zero-order valence-electron chi connectivity index (χ0n) is 14.3. The van der Waals surface area contributed by atoms with Crippen molar-refractivity contribution < 1.29 is 14.3 Å². The van der Waals surface area contributed by atoms with Crippen LogP contribution in [0.4, 0.5) is 0 Å². The number of carbonyl (C=O) groups is 2. The Bertz CT molecular complexity index is 1110. The lowest BCUT2D eigenvalue weighted by Gasteiger charge is -2.08. The van der Waals surface area contributed by atoms with E-state index in [-0.39, 0.29) is 29.7 Å². The van der Waals surface area contributed by atoms with Crippen molar-refractivity contribution in [3.63, 3.8) is 0 Å². The summed E-state index contributed by atoms with van der Waals surface area (Å²) in [5.74, 6) is -0.736. The molecule has 2 aromatic heterocycles. The van der Waals surface area contributed by atoms with Gasteiger partial charge in [0.15, 0.2) is 0 Å². The molecule has 4 aromatic rings. The van der Waals surface area contributed by atoms with Crippen LogP contribution in [-0.4, -0.2) is 28.0 Å². The fourth-order valence-corrected chi connectivity index (χ4v) is 3.35. The van der Waals surface area contributed by atoms with E-state index in [0.29, 0.717) is 0 Å². The van der Waals surface area contributed by atoms with Crippen LogP contribution < -0.4 is 0 Å². The zero-order valence-corrected chi connectivity index (χ0v) is 15.0. The van der Waals surface area contributed by atoms with Gasteiger partial charge < -0.3 is 4.74 Å². The standard InChI is InChI=1S/C21H15ClN2O3/c22-20-16(8-5-12-23-20)21(26)27-13-11-19(25)24-17-9-3-1-6-14(17)15-7-2-4-10-18(15)24/h1-10,12H,11,13H2. The van der Waals surface area contributed by atoms with Crippen molar-refractivity contribution in [1.82, 2.24) is 9.55 Å². The first-order chi connectivity index (χ1) is 13.2. The molecule has 0 N–H and O–H groups in total. The molecule has 27 heavy (non-hydrogen) atoms. The van der Waals surface area contributed by atoms with Gasteiger partial charge in [0, 0.05) is 17.0 Å². The van der Waals surface area contributed by atoms with E-state index >= 15 is 0 Å². The lowest BCUT2D eigenvalue weighted by Crippen LogP contribution is -2.15. The Kier molecular flexibility index (Phi) is 4.60. The molecule has 0 bridgehead atoms. The quantitative estimate of drug-likeness (QED) is 0.380. The Morgan fingerprint density at radius 1 is 0.926 bits per heavy atom. The van der Waals surface area contributed by atoms with Crippen LogP contribution in [0.3, 0.4) is 0 Å². The predicted octanol–water partition coefficient (Wildman–Crippen LogP) is 4.73. The fraction of sp³-hybridized carbons (Fsp3) is 0.0952. The van der Waals surface area contributed by atoms with E-state index in [1.165, 1.54) is 12.3 Å². The first kappa shape index (κ1) is 17.2. The molecule has 0 amide bonds. The molecular weight excluding hydrogens is 364 g/mol. The monoisotopic (exact) mass is 378 g/mol. The number of benzene rings is 2. The highest BCUT2D eigenvalue weighted by atomic mass is 35.5. The maximum atomic E-state index is 12.9. The molecule has 0 saturated heterocycles. The Balaban J connectivity index is 1.55. The number of hydrogen-bond donors (Lipinski definition) is 0. The van der Waals surface area contributed by atoms with Gasteiger partial charge in [0.25, 0.3) is 0 Å². The normalized spacial score (nSPS) is 11.0. The molecule has 5 nitrogen and oxygen atoms in total. The van der Waals surface area contributed by atoms with Gasteiger partial charge in [0.2, 0.25) is 5.91 Å². The first-order valence-electron chi connectivity index (χ1n) is 8.46. The fourth-order valence-electron chi connectivity index (χ4n) is 3.15. The molecule has 0 spiro atoms. The average Bonchev–Trinajstić information content (AvgIpc) is 3.03. The summed E-state index contributed by atoms with van der Waals surface area (Å²) < 4.78 is 6.88. The Hall–Kier alpha value is -3.18. The van der Waals surface area contributed by atoms with Crippen molar-refractivity contribution in [2.75, 3.05) is 6.61 Å². The van der Waals surface area contributed by atoms with Crippen LogP contribution in [0.2, 0.25) is 5.15 Å². The highest BCUT2D eigenvalue weighted by Gasteiger charge is 2.17. The van der Waals surface area contributed by atoms with Gasteiger partial charge in [-0.05, 0) is 24.3 Å². The topological polar surface area (TPSA) is 61.2 Å². The number of esters is 1. The number of hydrogen-bond acceptors (Lipinski definition) is 4. The summed E-state index contributed by atoms with van der Waals surface area (Å²) in [5, 5.41) is 2.11. The number of carbonyl (C=O) groups excluding carboxylic acids is 2. The second kappa shape index (κ2) is 7.21. The molecule has 0 aliphatic carbocycles. The molecule has 0 fully saturated rings. The summed E-state index contributed by atoms with van der Waals surface area (Å²) in [6.45, 7) is -0.0380. The number of aromatic nitrogens is 2. The van der Waals surface area contributed by atoms with Crippen LogP contribution in [0.25, 0.3) is 21.8 Å². The summed E-state index contributed by atoms with van der Waals surface area (Å²) in [6.07, 6.45) is 1.55. The van der Waals surface area contributed by atoms with Gasteiger partial charge in [0.05, 0.1) is 23.0 Å². The number of fused-ring (bicyclic) bond motifs is 3. The minimum Gasteiger partial charge on any atom is -0.461 e. The lowest BCUT2D eigenvalue weighted by atomic mass is 10.2. The van der Waals surface area contributed by atoms with Crippen LogP contribution in [0, 0.1) is 0 Å². The van der Waals surface area contributed by atoms with Crippen LogP contribution in [0.5, 0.6) is 0 Å². The minimum atomic E-state index is -0.594. The summed E-state index contributed by atoms with van der Waals surface area (Å²) in [4.78, 5) is 28.8. The van der Waals surface area contributed by atoms with Crippen molar-refractivity contribution in [1.29, 1.82) is 0 Å². The maximum absolute atomic E-state index is 12.9. The molecule has 134 valence electrons. The highest BCUT2D eigenvalue weighted by molar-refractivity contribution is 6.32. The molecule has 0 aliphatic rings. The van der Waals surface area contributed by atoms with E-state index in [4.69, 9.17) is 16.3 Å². The molecule has 2 aromatic carbocycles. The lowest BCUT2D eigenvalue weighted by molar-refractivity contribution is 0.0490. The number of rotatable bonds is 4. The third-order valence-electron chi connectivity index (χ3n) is 4.36. The number of para-hydroxylation sites is 2.